The Kier molecular flexibility index (Phi) is 4.63. The van der Waals surface area contributed by atoms with Gasteiger partial charge in [-0.05, 0) is 26.0 Å². The van der Waals surface area contributed by atoms with Crippen LogP contribution in [0.15, 0.2) is 18.2 Å². The molecule has 0 heterocycles. The van der Waals surface area contributed by atoms with Crippen LogP contribution >= 0.6 is 0 Å². The molecule has 1 aromatic rings. The lowest BCUT2D eigenvalue weighted by molar-refractivity contribution is -0.137. The van der Waals surface area contributed by atoms with Crippen molar-refractivity contribution in [1.82, 2.24) is 0 Å². The van der Waals surface area contributed by atoms with Crippen LogP contribution in [0.3, 0.4) is 0 Å². The Bertz CT molecular complexity index is 429. The van der Waals surface area contributed by atoms with Crippen molar-refractivity contribution in [3.63, 3.8) is 0 Å². The van der Waals surface area contributed by atoms with Crippen LogP contribution in [0, 0.1) is 5.82 Å². The van der Waals surface area contributed by atoms with Gasteiger partial charge in [0.2, 0.25) is 0 Å². The molecule has 5 heteroatoms. The van der Waals surface area contributed by atoms with Crippen LogP contribution < -0.4 is 4.74 Å². The Hall–Kier alpha value is -1.91. The number of benzene rings is 1. The zero-order chi connectivity index (χ0) is 12.8. The van der Waals surface area contributed by atoms with Crippen LogP contribution in [0.4, 0.5) is 4.39 Å². The largest absolute Gasteiger partial charge is 0.493 e. The van der Waals surface area contributed by atoms with Crippen molar-refractivity contribution >= 4 is 11.8 Å². The molecule has 92 valence electrons. The first-order chi connectivity index (χ1) is 8.10. The molecule has 0 unspecified atom stereocenters. The van der Waals surface area contributed by atoms with Gasteiger partial charge in [-0.25, -0.2) is 9.18 Å². The number of hydrogen-bond donors (Lipinski definition) is 0. The van der Waals surface area contributed by atoms with Gasteiger partial charge in [0, 0.05) is 6.07 Å². The van der Waals surface area contributed by atoms with Crippen molar-refractivity contribution in [3.05, 3.63) is 29.6 Å². The molecule has 0 amide bonds. The number of rotatable bonds is 5. The molecule has 0 spiro atoms. The fourth-order valence-corrected chi connectivity index (χ4v) is 1.27. The lowest BCUT2D eigenvalue weighted by Gasteiger charge is -2.08. The molecular weight excluding hydrogens is 227 g/mol. The molecule has 0 atom stereocenters. The van der Waals surface area contributed by atoms with Crippen LogP contribution in [-0.2, 0) is 9.53 Å². The molecule has 0 bridgehead atoms. The van der Waals surface area contributed by atoms with Gasteiger partial charge in [0.05, 0.1) is 18.8 Å². The summed E-state index contributed by atoms with van der Waals surface area (Å²) in [6, 6.07) is 3.37. The quantitative estimate of drug-likeness (QED) is 0.448. The molecule has 0 saturated heterocycles. The Morgan fingerprint density at radius 2 is 1.94 bits per heavy atom. The number of esters is 1. The third-order valence-electron chi connectivity index (χ3n) is 1.95. The van der Waals surface area contributed by atoms with E-state index in [1.165, 1.54) is 6.07 Å². The van der Waals surface area contributed by atoms with E-state index in [2.05, 4.69) is 4.74 Å². The topological polar surface area (TPSA) is 52.6 Å². The van der Waals surface area contributed by atoms with Gasteiger partial charge in [0.1, 0.15) is 11.6 Å². The summed E-state index contributed by atoms with van der Waals surface area (Å²) in [6.07, 6.45) is 0. The average Bonchev–Trinajstić information content (AvgIpc) is 2.29. The minimum absolute atomic E-state index is 0.00620. The summed E-state index contributed by atoms with van der Waals surface area (Å²) in [6.45, 7) is 3.67. The van der Waals surface area contributed by atoms with Crippen LogP contribution in [0.5, 0.6) is 5.75 Å². The SMILES string of the molecule is CCOC(=O)C(=O)c1ccc(F)cc1OCC. The first-order valence-corrected chi connectivity index (χ1v) is 5.24. The highest BCUT2D eigenvalue weighted by Gasteiger charge is 2.21. The summed E-state index contributed by atoms with van der Waals surface area (Å²) >= 11 is 0. The van der Waals surface area contributed by atoms with Gasteiger partial charge in [-0.15, -0.1) is 0 Å². The smallest absolute Gasteiger partial charge is 0.379 e. The lowest BCUT2D eigenvalue weighted by atomic mass is 10.1. The fraction of sp³-hybridized carbons (Fsp3) is 0.333. The van der Waals surface area contributed by atoms with Crippen molar-refractivity contribution in [2.24, 2.45) is 0 Å². The zero-order valence-electron chi connectivity index (χ0n) is 9.66. The Balaban J connectivity index is 3.03. The summed E-state index contributed by atoms with van der Waals surface area (Å²) in [5, 5.41) is 0. The van der Waals surface area contributed by atoms with Crippen LogP contribution in [0.1, 0.15) is 24.2 Å². The monoisotopic (exact) mass is 240 g/mol. The molecule has 0 aliphatic heterocycles. The molecule has 4 nitrogen and oxygen atoms in total. The van der Waals surface area contributed by atoms with Gasteiger partial charge < -0.3 is 9.47 Å². The highest BCUT2D eigenvalue weighted by atomic mass is 19.1. The highest BCUT2D eigenvalue weighted by Crippen LogP contribution is 2.21. The summed E-state index contributed by atoms with van der Waals surface area (Å²) < 4.78 is 22.7. The average molecular weight is 240 g/mol. The van der Waals surface area contributed by atoms with Crippen molar-refractivity contribution < 1.29 is 23.5 Å². The van der Waals surface area contributed by atoms with Gasteiger partial charge in [-0.2, -0.15) is 0 Å². The third-order valence-corrected chi connectivity index (χ3v) is 1.95. The molecule has 1 aromatic carbocycles. The number of halogens is 1. The van der Waals surface area contributed by atoms with Crippen LogP contribution in [-0.4, -0.2) is 25.0 Å². The van der Waals surface area contributed by atoms with E-state index in [4.69, 9.17) is 4.74 Å². The summed E-state index contributed by atoms with van der Waals surface area (Å²) in [7, 11) is 0. The molecule has 0 radical (unpaired) electrons. The highest BCUT2D eigenvalue weighted by molar-refractivity contribution is 6.41. The Morgan fingerprint density at radius 1 is 1.24 bits per heavy atom. The molecule has 1 rings (SSSR count). The van der Waals surface area contributed by atoms with Gasteiger partial charge in [-0.1, -0.05) is 0 Å². The minimum atomic E-state index is -0.972. The van der Waals surface area contributed by atoms with Crippen molar-refractivity contribution in [2.45, 2.75) is 13.8 Å². The summed E-state index contributed by atoms with van der Waals surface area (Å²) in [4.78, 5) is 22.9. The summed E-state index contributed by atoms with van der Waals surface area (Å²) in [5.74, 6) is -2.30. The molecule has 0 fully saturated rings. The van der Waals surface area contributed by atoms with E-state index in [1.54, 1.807) is 13.8 Å². The number of hydrogen-bond acceptors (Lipinski definition) is 4. The van der Waals surface area contributed by atoms with Crippen molar-refractivity contribution in [2.75, 3.05) is 13.2 Å². The second kappa shape index (κ2) is 5.98. The Labute approximate surface area is 98.3 Å². The maximum atomic E-state index is 13.0. The number of ether oxygens (including phenoxy) is 2. The van der Waals surface area contributed by atoms with E-state index in [-0.39, 0.29) is 24.5 Å². The van der Waals surface area contributed by atoms with Crippen molar-refractivity contribution in [1.29, 1.82) is 0 Å². The molecule has 0 aromatic heterocycles. The number of ketones is 1. The number of Topliss-reactive ketones (excluding diaryl/α,β-unsaturated/α-hetero) is 1. The van der Waals surface area contributed by atoms with Crippen LogP contribution in [0.2, 0.25) is 0 Å². The maximum Gasteiger partial charge on any atom is 0.379 e. The first-order valence-electron chi connectivity index (χ1n) is 5.24. The molecule has 17 heavy (non-hydrogen) atoms. The van der Waals surface area contributed by atoms with E-state index >= 15 is 0 Å². The molecular formula is C12H13FO4. The molecule has 0 aliphatic carbocycles. The van der Waals surface area contributed by atoms with Gasteiger partial charge in [-0.3, -0.25) is 4.79 Å². The molecule has 0 saturated carbocycles. The Morgan fingerprint density at radius 3 is 2.53 bits per heavy atom. The van der Waals surface area contributed by atoms with Crippen LogP contribution in [0.25, 0.3) is 0 Å². The van der Waals surface area contributed by atoms with E-state index < -0.39 is 17.6 Å². The van der Waals surface area contributed by atoms with Gasteiger partial charge >= 0.3 is 5.97 Å². The molecule has 0 N–H and O–H groups in total. The normalized spacial score (nSPS) is 9.82. The second-order valence-corrected chi connectivity index (χ2v) is 3.12. The standard InChI is InChI=1S/C12H13FO4/c1-3-16-10-7-8(13)5-6-9(10)11(14)12(15)17-4-2/h5-7H,3-4H2,1-2H3. The first kappa shape index (κ1) is 13.2. The predicted octanol–water partition coefficient (Wildman–Crippen LogP) is 1.97. The maximum absolute atomic E-state index is 13.0. The predicted molar refractivity (Wildman–Crippen MR) is 58.5 cm³/mol. The fourth-order valence-electron chi connectivity index (χ4n) is 1.27. The van der Waals surface area contributed by atoms with E-state index in [1.807, 2.05) is 0 Å². The van der Waals surface area contributed by atoms with Crippen molar-refractivity contribution in [3.8, 4) is 5.75 Å². The summed E-state index contributed by atoms with van der Waals surface area (Å²) in [5.41, 5.74) is 0.00620. The van der Waals surface area contributed by atoms with Gasteiger partial charge in [0.25, 0.3) is 5.78 Å². The molecule has 0 aliphatic rings. The lowest BCUT2D eigenvalue weighted by Crippen LogP contribution is -2.18. The zero-order valence-corrected chi connectivity index (χ0v) is 9.66. The minimum Gasteiger partial charge on any atom is -0.493 e. The second-order valence-electron chi connectivity index (χ2n) is 3.12. The number of carbonyl (C=O) groups excluding carboxylic acids is 2. The van der Waals surface area contributed by atoms with E-state index in [0.29, 0.717) is 0 Å². The van der Waals surface area contributed by atoms with Gasteiger partial charge in [0.15, 0.2) is 0 Å². The third kappa shape index (κ3) is 3.27. The van der Waals surface area contributed by atoms with E-state index in [9.17, 15) is 14.0 Å². The number of carbonyl (C=O) groups is 2. The van der Waals surface area contributed by atoms with E-state index in [0.717, 1.165) is 12.1 Å².